The van der Waals surface area contributed by atoms with Crippen LogP contribution in [-0.4, -0.2) is 67.0 Å². The molecule has 0 saturated carbocycles. The van der Waals surface area contributed by atoms with E-state index in [0.29, 0.717) is 17.8 Å². The third-order valence-electron chi connectivity index (χ3n) is 4.61. The molecule has 21 heavy (non-hydrogen) atoms. The van der Waals surface area contributed by atoms with Crippen LogP contribution < -0.4 is 4.90 Å². The standard InChI is InChI=1S/C16H24N4O/c1-18(2)16(21)14-5-4-6-15(17-14)20-12-7-8-13(20)11-19(3)10-9-12/h4-6,12-13H,7-11H2,1-3H3/t12-,13+/m1/s1. The molecular weight excluding hydrogens is 264 g/mol. The van der Waals surface area contributed by atoms with E-state index in [9.17, 15) is 4.79 Å². The zero-order chi connectivity index (χ0) is 15.0. The van der Waals surface area contributed by atoms with Gasteiger partial charge in [-0.15, -0.1) is 0 Å². The van der Waals surface area contributed by atoms with Crippen molar-refractivity contribution in [2.75, 3.05) is 39.1 Å². The molecule has 1 aromatic rings. The highest BCUT2D eigenvalue weighted by Gasteiger charge is 2.37. The maximum Gasteiger partial charge on any atom is 0.272 e. The van der Waals surface area contributed by atoms with Gasteiger partial charge in [-0.3, -0.25) is 4.79 Å². The lowest BCUT2D eigenvalue weighted by Crippen LogP contribution is -2.39. The second kappa shape index (κ2) is 5.64. The fourth-order valence-electron chi connectivity index (χ4n) is 3.53. The minimum Gasteiger partial charge on any atom is -0.349 e. The Morgan fingerprint density at radius 1 is 1.24 bits per heavy atom. The fourth-order valence-corrected chi connectivity index (χ4v) is 3.53. The first-order valence-electron chi connectivity index (χ1n) is 7.72. The summed E-state index contributed by atoms with van der Waals surface area (Å²) >= 11 is 0. The van der Waals surface area contributed by atoms with Gasteiger partial charge in [0.15, 0.2) is 0 Å². The molecule has 2 aliphatic heterocycles. The smallest absolute Gasteiger partial charge is 0.272 e. The highest BCUT2D eigenvalue weighted by Crippen LogP contribution is 2.33. The van der Waals surface area contributed by atoms with Crippen molar-refractivity contribution in [1.82, 2.24) is 14.8 Å². The Balaban J connectivity index is 1.90. The average molecular weight is 288 g/mol. The summed E-state index contributed by atoms with van der Waals surface area (Å²) in [6, 6.07) is 6.89. The highest BCUT2D eigenvalue weighted by atomic mass is 16.2. The Morgan fingerprint density at radius 2 is 2.00 bits per heavy atom. The van der Waals surface area contributed by atoms with Gasteiger partial charge < -0.3 is 14.7 Å². The molecule has 5 heteroatoms. The molecule has 0 spiro atoms. The Kier molecular flexibility index (Phi) is 3.85. The minimum absolute atomic E-state index is 0.0314. The molecule has 0 unspecified atom stereocenters. The Morgan fingerprint density at radius 3 is 2.76 bits per heavy atom. The van der Waals surface area contributed by atoms with Crippen LogP contribution in [0.25, 0.3) is 0 Å². The molecule has 2 aliphatic rings. The molecule has 2 atom stereocenters. The number of carbonyl (C=O) groups excluding carboxylic acids is 1. The quantitative estimate of drug-likeness (QED) is 0.826. The molecule has 5 nitrogen and oxygen atoms in total. The molecule has 1 amide bonds. The topological polar surface area (TPSA) is 39.7 Å². The van der Waals surface area contributed by atoms with Crippen molar-refractivity contribution in [1.29, 1.82) is 0 Å². The fraction of sp³-hybridized carbons (Fsp3) is 0.625. The van der Waals surface area contributed by atoms with Crippen LogP contribution in [0.4, 0.5) is 5.82 Å². The normalized spacial score (nSPS) is 25.8. The molecular formula is C16H24N4O. The molecule has 0 N–H and O–H groups in total. The van der Waals surface area contributed by atoms with E-state index in [-0.39, 0.29) is 5.91 Å². The maximum absolute atomic E-state index is 12.1. The minimum atomic E-state index is -0.0314. The van der Waals surface area contributed by atoms with Gasteiger partial charge in [0, 0.05) is 32.7 Å². The van der Waals surface area contributed by atoms with E-state index >= 15 is 0 Å². The van der Waals surface area contributed by atoms with Crippen LogP contribution in [0, 0.1) is 0 Å². The first-order valence-corrected chi connectivity index (χ1v) is 7.72. The zero-order valence-corrected chi connectivity index (χ0v) is 13.1. The van der Waals surface area contributed by atoms with Crippen LogP contribution in [0.1, 0.15) is 29.8 Å². The Bertz CT molecular complexity index is 531. The second-order valence-electron chi connectivity index (χ2n) is 6.42. The van der Waals surface area contributed by atoms with Crippen molar-refractivity contribution < 1.29 is 4.79 Å². The summed E-state index contributed by atoms with van der Waals surface area (Å²) in [6.45, 7) is 2.23. The monoisotopic (exact) mass is 288 g/mol. The zero-order valence-electron chi connectivity index (χ0n) is 13.1. The van der Waals surface area contributed by atoms with Crippen LogP contribution >= 0.6 is 0 Å². The summed E-state index contributed by atoms with van der Waals surface area (Å²) in [6.07, 6.45) is 3.65. The maximum atomic E-state index is 12.1. The summed E-state index contributed by atoms with van der Waals surface area (Å²) in [7, 11) is 5.72. The number of anilines is 1. The number of pyridine rings is 1. The summed E-state index contributed by atoms with van der Waals surface area (Å²) in [5, 5.41) is 0. The lowest BCUT2D eigenvalue weighted by Gasteiger charge is -2.29. The van der Waals surface area contributed by atoms with Gasteiger partial charge in [0.25, 0.3) is 5.91 Å². The first-order chi connectivity index (χ1) is 10.1. The third kappa shape index (κ3) is 2.75. The van der Waals surface area contributed by atoms with Gasteiger partial charge in [-0.05, 0) is 45.0 Å². The van der Waals surface area contributed by atoms with E-state index in [1.807, 2.05) is 12.1 Å². The Labute approximate surface area is 126 Å². The molecule has 0 aliphatic carbocycles. The molecule has 1 aromatic heterocycles. The lowest BCUT2D eigenvalue weighted by atomic mass is 10.1. The molecule has 114 valence electrons. The van der Waals surface area contributed by atoms with Crippen molar-refractivity contribution in [3.05, 3.63) is 23.9 Å². The number of amides is 1. The Hall–Kier alpha value is -1.62. The molecule has 3 rings (SSSR count). The third-order valence-corrected chi connectivity index (χ3v) is 4.61. The van der Waals surface area contributed by atoms with Crippen LogP contribution in [0.2, 0.25) is 0 Å². The predicted octanol–water partition coefficient (Wildman–Crippen LogP) is 1.46. The largest absolute Gasteiger partial charge is 0.349 e. The molecule has 2 fully saturated rings. The van der Waals surface area contributed by atoms with Gasteiger partial charge in [-0.25, -0.2) is 4.98 Å². The van der Waals surface area contributed by atoms with Gasteiger partial charge in [0.2, 0.25) is 0 Å². The highest BCUT2D eigenvalue weighted by molar-refractivity contribution is 5.92. The number of hydrogen-bond acceptors (Lipinski definition) is 4. The van der Waals surface area contributed by atoms with Gasteiger partial charge in [-0.2, -0.15) is 0 Å². The van der Waals surface area contributed by atoms with Crippen LogP contribution in [0.15, 0.2) is 18.2 Å². The van der Waals surface area contributed by atoms with Crippen molar-refractivity contribution >= 4 is 11.7 Å². The molecule has 0 aromatic carbocycles. The number of hydrogen-bond donors (Lipinski definition) is 0. The number of nitrogens with zero attached hydrogens (tertiary/aromatic N) is 4. The van der Waals surface area contributed by atoms with Crippen LogP contribution in [0.3, 0.4) is 0 Å². The SMILES string of the molecule is CN1CC[C@H]2CC[C@@H](C1)N2c1cccc(C(=O)N(C)C)n1. The number of likely N-dealkylation sites (tertiary alicyclic amines) is 1. The molecule has 2 bridgehead atoms. The number of likely N-dealkylation sites (N-methyl/N-ethyl adjacent to an activating group) is 1. The lowest BCUT2D eigenvalue weighted by molar-refractivity contribution is 0.0822. The van der Waals surface area contributed by atoms with Gasteiger partial charge >= 0.3 is 0 Å². The number of aromatic nitrogens is 1. The summed E-state index contributed by atoms with van der Waals surface area (Å²) in [5.41, 5.74) is 0.537. The summed E-state index contributed by atoms with van der Waals surface area (Å²) < 4.78 is 0. The molecule has 3 heterocycles. The van der Waals surface area contributed by atoms with E-state index in [2.05, 4.69) is 21.8 Å². The van der Waals surface area contributed by atoms with Gasteiger partial charge in [-0.1, -0.05) is 6.07 Å². The molecule has 2 saturated heterocycles. The second-order valence-corrected chi connectivity index (χ2v) is 6.42. The van der Waals surface area contributed by atoms with Crippen molar-refractivity contribution in [2.45, 2.75) is 31.3 Å². The first kappa shape index (κ1) is 14.3. The van der Waals surface area contributed by atoms with Crippen LogP contribution in [0.5, 0.6) is 0 Å². The van der Waals surface area contributed by atoms with E-state index in [4.69, 9.17) is 0 Å². The number of rotatable bonds is 2. The average Bonchev–Trinajstić information content (AvgIpc) is 2.78. The van der Waals surface area contributed by atoms with Gasteiger partial charge in [0.05, 0.1) is 0 Å². The van der Waals surface area contributed by atoms with E-state index in [0.717, 1.165) is 18.9 Å². The van der Waals surface area contributed by atoms with E-state index < -0.39 is 0 Å². The van der Waals surface area contributed by atoms with E-state index in [1.165, 1.54) is 19.3 Å². The number of fused-ring (bicyclic) bond motifs is 2. The predicted molar refractivity (Wildman–Crippen MR) is 83.7 cm³/mol. The van der Waals surface area contributed by atoms with Crippen molar-refractivity contribution in [3.8, 4) is 0 Å². The van der Waals surface area contributed by atoms with Crippen molar-refractivity contribution in [2.24, 2.45) is 0 Å². The summed E-state index contributed by atoms with van der Waals surface area (Å²) in [5.74, 6) is 0.932. The number of carbonyl (C=O) groups is 1. The van der Waals surface area contributed by atoms with Crippen LogP contribution in [-0.2, 0) is 0 Å². The summed E-state index contributed by atoms with van der Waals surface area (Å²) in [4.78, 5) is 23.2. The van der Waals surface area contributed by atoms with Gasteiger partial charge in [0.1, 0.15) is 11.5 Å². The van der Waals surface area contributed by atoms with E-state index in [1.54, 1.807) is 25.1 Å². The van der Waals surface area contributed by atoms with Crippen molar-refractivity contribution in [3.63, 3.8) is 0 Å². The molecule has 0 radical (unpaired) electrons.